The first-order chi connectivity index (χ1) is 6.59. The second-order valence-corrected chi connectivity index (χ2v) is 6.09. The molecule has 2 rings (SSSR count). The molecular weight excluding hydrogens is 224 g/mol. The lowest BCUT2D eigenvalue weighted by molar-refractivity contribution is 0.528. The number of aromatic amines is 1. The van der Waals surface area contributed by atoms with Crippen molar-refractivity contribution in [2.75, 3.05) is 5.75 Å². The average Bonchev–Trinajstić information content (AvgIpc) is 2.62. The first-order valence-corrected chi connectivity index (χ1v) is 6.41. The van der Waals surface area contributed by atoms with Crippen LogP contribution in [0.3, 0.4) is 0 Å². The van der Waals surface area contributed by atoms with Crippen LogP contribution in [0.5, 0.6) is 0 Å². The summed E-state index contributed by atoms with van der Waals surface area (Å²) in [7, 11) is -2.92. The largest absolute Gasteiger partial charge is 0.241 e. The Balaban J connectivity index is 2.20. The molecule has 0 saturated carbocycles. The van der Waals surface area contributed by atoms with Gasteiger partial charge in [-0.05, 0) is 25.1 Å². The highest BCUT2D eigenvalue weighted by molar-refractivity contribution is 7.92. The molecule has 0 spiro atoms. The zero-order chi connectivity index (χ0) is 10.2. The molecule has 0 aliphatic carbocycles. The van der Waals surface area contributed by atoms with E-state index >= 15 is 0 Å². The molecule has 1 fully saturated rings. The Morgan fingerprint density at radius 1 is 1.64 bits per heavy atom. The first-order valence-electron chi connectivity index (χ1n) is 4.29. The van der Waals surface area contributed by atoms with Gasteiger partial charge in [0.2, 0.25) is 4.77 Å². The third-order valence-corrected chi connectivity index (χ3v) is 4.94. The van der Waals surface area contributed by atoms with Crippen molar-refractivity contribution >= 4 is 22.1 Å². The van der Waals surface area contributed by atoms with Crippen molar-refractivity contribution < 1.29 is 8.42 Å². The van der Waals surface area contributed by atoms with Crippen LogP contribution in [-0.2, 0) is 16.4 Å². The van der Waals surface area contributed by atoms with Crippen LogP contribution in [0.1, 0.15) is 12.8 Å². The van der Waals surface area contributed by atoms with Gasteiger partial charge in [-0.15, -0.1) is 0 Å². The highest BCUT2D eigenvalue weighted by atomic mass is 32.2. The van der Waals surface area contributed by atoms with Crippen LogP contribution < -0.4 is 0 Å². The van der Waals surface area contributed by atoms with Crippen molar-refractivity contribution in [1.29, 1.82) is 0 Å². The molecule has 1 N–H and O–H groups in total. The molecule has 0 bridgehead atoms. The van der Waals surface area contributed by atoms with Gasteiger partial charge in [-0.2, -0.15) is 5.21 Å². The number of tetrazole rings is 1. The van der Waals surface area contributed by atoms with E-state index in [-0.39, 0.29) is 11.0 Å². The number of rotatable bonds is 2. The zero-order valence-corrected chi connectivity index (χ0v) is 9.01. The number of sulfone groups is 1. The molecule has 1 aromatic rings. The van der Waals surface area contributed by atoms with Crippen molar-refractivity contribution in [3.05, 3.63) is 4.77 Å². The SMILES string of the molecule is O=S1(=O)CCCC1Cn1[nH]nnc1=S. The molecule has 14 heavy (non-hydrogen) atoms. The van der Waals surface area contributed by atoms with Crippen molar-refractivity contribution in [2.45, 2.75) is 24.6 Å². The molecular formula is C6H10N4O2S2. The summed E-state index contributed by atoms with van der Waals surface area (Å²) >= 11 is 4.86. The quantitative estimate of drug-likeness (QED) is 0.723. The number of aromatic nitrogens is 4. The summed E-state index contributed by atoms with van der Waals surface area (Å²) in [4.78, 5) is 0. The second kappa shape index (κ2) is 3.43. The molecule has 8 heteroatoms. The normalized spacial score (nSPS) is 25.3. The minimum absolute atomic E-state index is 0.284. The highest BCUT2D eigenvalue weighted by Crippen LogP contribution is 2.20. The molecule has 1 aliphatic heterocycles. The molecule has 1 saturated heterocycles. The Morgan fingerprint density at radius 2 is 2.43 bits per heavy atom. The van der Waals surface area contributed by atoms with Crippen molar-refractivity contribution in [2.24, 2.45) is 0 Å². The number of H-pyrrole nitrogens is 1. The van der Waals surface area contributed by atoms with E-state index in [1.807, 2.05) is 0 Å². The third-order valence-electron chi connectivity index (χ3n) is 2.38. The van der Waals surface area contributed by atoms with Gasteiger partial charge >= 0.3 is 0 Å². The Bertz CT molecular complexity index is 474. The van der Waals surface area contributed by atoms with E-state index in [9.17, 15) is 8.42 Å². The minimum Gasteiger partial charge on any atom is -0.241 e. The highest BCUT2D eigenvalue weighted by Gasteiger charge is 2.31. The van der Waals surface area contributed by atoms with E-state index in [0.29, 0.717) is 17.7 Å². The second-order valence-electron chi connectivity index (χ2n) is 3.32. The van der Waals surface area contributed by atoms with Crippen molar-refractivity contribution in [1.82, 2.24) is 20.2 Å². The van der Waals surface area contributed by atoms with E-state index < -0.39 is 9.84 Å². The summed E-state index contributed by atoms with van der Waals surface area (Å²) in [5.74, 6) is 0.284. The van der Waals surface area contributed by atoms with E-state index in [1.165, 1.54) is 4.68 Å². The standard InChI is InChI=1S/C6H10N4O2S2/c11-14(12)3-1-2-5(14)4-10-6(13)7-8-9-10/h5H,1-4H2,(H,7,9,13). The molecule has 1 aliphatic rings. The van der Waals surface area contributed by atoms with Gasteiger partial charge in [0.15, 0.2) is 9.84 Å². The van der Waals surface area contributed by atoms with Gasteiger partial charge in [-0.1, -0.05) is 10.3 Å². The summed E-state index contributed by atoms with van der Waals surface area (Å²) in [6.07, 6.45) is 1.44. The molecule has 1 atom stereocenters. The lowest BCUT2D eigenvalue weighted by atomic mass is 10.2. The van der Waals surface area contributed by atoms with Crippen LogP contribution in [0.25, 0.3) is 0 Å². The van der Waals surface area contributed by atoms with Crippen LogP contribution in [0, 0.1) is 4.77 Å². The Morgan fingerprint density at radius 3 is 2.93 bits per heavy atom. The molecule has 0 aromatic carbocycles. The third kappa shape index (κ3) is 1.71. The van der Waals surface area contributed by atoms with Gasteiger partial charge < -0.3 is 0 Å². The first kappa shape index (κ1) is 9.78. The van der Waals surface area contributed by atoms with Gasteiger partial charge in [0, 0.05) is 0 Å². The monoisotopic (exact) mass is 234 g/mol. The zero-order valence-electron chi connectivity index (χ0n) is 7.38. The summed E-state index contributed by atoms with van der Waals surface area (Å²) in [6, 6.07) is 0. The summed E-state index contributed by atoms with van der Waals surface area (Å²) in [6.45, 7) is 0.341. The fraction of sp³-hybridized carbons (Fsp3) is 0.833. The van der Waals surface area contributed by atoms with E-state index in [0.717, 1.165) is 6.42 Å². The van der Waals surface area contributed by atoms with Gasteiger partial charge in [0.25, 0.3) is 0 Å². The Kier molecular flexibility index (Phi) is 2.40. The smallest absolute Gasteiger partial charge is 0.238 e. The maximum atomic E-state index is 11.5. The molecule has 1 aromatic heterocycles. The van der Waals surface area contributed by atoms with Gasteiger partial charge in [0.1, 0.15) is 0 Å². The number of hydrogen-bond donors (Lipinski definition) is 1. The summed E-state index contributed by atoms with van der Waals surface area (Å²) in [5, 5.41) is 9.30. The van der Waals surface area contributed by atoms with Crippen LogP contribution in [0.4, 0.5) is 0 Å². The summed E-state index contributed by atoms with van der Waals surface area (Å²) < 4.78 is 24.8. The maximum Gasteiger partial charge on any atom is 0.238 e. The number of nitrogens with zero attached hydrogens (tertiary/aromatic N) is 3. The summed E-state index contributed by atoms with van der Waals surface area (Å²) in [5.41, 5.74) is 0. The average molecular weight is 234 g/mol. The van der Waals surface area contributed by atoms with Crippen molar-refractivity contribution in [3.63, 3.8) is 0 Å². The van der Waals surface area contributed by atoms with E-state index in [2.05, 4.69) is 15.5 Å². The minimum atomic E-state index is -2.92. The molecule has 0 amide bonds. The fourth-order valence-electron chi connectivity index (χ4n) is 1.60. The fourth-order valence-corrected chi connectivity index (χ4v) is 3.56. The van der Waals surface area contributed by atoms with Crippen LogP contribution >= 0.6 is 12.2 Å². The topological polar surface area (TPSA) is 80.6 Å². The molecule has 1 unspecified atom stereocenters. The predicted octanol–water partition coefficient (Wildman–Crippen LogP) is -0.0871. The Labute approximate surface area is 86.2 Å². The van der Waals surface area contributed by atoms with E-state index in [4.69, 9.17) is 12.2 Å². The maximum absolute atomic E-state index is 11.5. The lowest BCUT2D eigenvalue weighted by Crippen LogP contribution is -2.23. The number of hydrogen-bond acceptors (Lipinski definition) is 5. The van der Waals surface area contributed by atoms with E-state index in [1.54, 1.807) is 0 Å². The van der Waals surface area contributed by atoms with Gasteiger partial charge in [-0.3, -0.25) is 0 Å². The van der Waals surface area contributed by atoms with Gasteiger partial charge in [-0.25, -0.2) is 13.1 Å². The lowest BCUT2D eigenvalue weighted by Gasteiger charge is -2.07. The molecule has 78 valence electrons. The van der Waals surface area contributed by atoms with Crippen molar-refractivity contribution in [3.8, 4) is 0 Å². The van der Waals surface area contributed by atoms with Gasteiger partial charge in [0.05, 0.1) is 17.5 Å². The van der Waals surface area contributed by atoms with Crippen LogP contribution in [-0.4, -0.2) is 39.6 Å². The van der Waals surface area contributed by atoms with Crippen LogP contribution in [0.15, 0.2) is 0 Å². The molecule has 6 nitrogen and oxygen atoms in total. The number of nitrogens with one attached hydrogen (secondary N) is 1. The predicted molar refractivity (Wildman–Crippen MR) is 52.0 cm³/mol. The molecule has 2 heterocycles. The van der Waals surface area contributed by atoms with Crippen LogP contribution in [0.2, 0.25) is 0 Å². The molecule has 0 radical (unpaired) electrons. The Hall–Kier alpha value is -0.760.